The molecule has 1 aliphatic heterocycles. The number of hydrogen-bond donors (Lipinski definition) is 1. The Kier molecular flexibility index (Phi) is 4.47. The van der Waals surface area contributed by atoms with Crippen molar-refractivity contribution in [2.24, 2.45) is 0 Å². The van der Waals surface area contributed by atoms with Crippen LogP contribution in [0.15, 0.2) is 0 Å². The van der Waals surface area contributed by atoms with Crippen molar-refractivity contribution in [2.75, 3.05) is 5.88 Å². The van der Waals surface area contributed by atoms with E-state index in [9.17, 15) is 9.59 Å². The number of nitrogens with one attached hydrogen (secondary N) is 1. The normalized spacial score (nSPS) is 25.4. The van der Waals surface area contributed by atoms with Gasteiger partial charge in [-0.15, -0.1) is 11.8 Å². The van der Waals surface area contributed by atoms with Crippen LogP contribution >= 0.6 is 11.8 Å². The summed E-state index contributed by atoms with van der Waals surface area (Å²) >= 11 is 1.62. The average molecular weight is 314 g/mol. The van der Waals surface area contributed by atoms with E-state index in [0.29, 0.717) is 5.88 Å². The Balaban J connectivity index is 2.08. The van der Waals surface area contributed by atoms with E-state index in [4.69, 9.17) is 4.74 Å². The van der Waals surface area contributed by atoms with E-state index in [-0.39, 0.29) is 16.7 Å². The molecule has 1 saturated carbocycles. The number of thioether (sulfide) groups is 1. The lowest BCUT2D eigenvalue weighted by Crippen LogP contribution is -2.56. The summed E-state index contributed by atoms with van der Waals surface area (Å²) in [5, 5.41) is 3.06. The molecule has 6 heteroatoms. The summed E-state index contributed by atoms with van der Waals surface area (Å²) in [7, 11) is 0. The van der Waals surface area contributed by atoms with Gasteiger partial charge in [0.05, 0.1) is 5.88 Å². The van der Waals surface area contributed by atoms with Crippen molar-refractivity contribution in [3.63, 3.8) is 0 Å². The van der Waals surface area contributed by atoms with Gasteiger partial charge in [0.2, 0.25) is 5.91 Å². The lowest BCUT2D eigenvalue weighted by molar-refractivity contribution is -0.127. The zero-order valence-electron chi connectivity index (χ0n) is 13.6. The van der Waals surface area contributed by atoms with E-state index >= 15 is 0 Å². The number of carbonyl (C=O) groups excluding carboxylic acids is 2. The van der Waals surface area contributed by atoms with Gasteiger partial charge in [-0.2, -0.15) is 0 Å². The molecule has 1 aliphatic carbocycles. The minimum atomic E-state index is -0.552. The summed E-state index contributed by atoms with van der Waals surface area (Å²) in [4.78, 5) is 26.5. The lowest BCUT2D eigenvalue weighted by Gasteiger charge is -2.34. The Hall–Kier alpha value is -0.910. The molecule has 120 valence electrons. The van der Waals surface area contributed by atoms with Crippen LogP contribution in [0.3, 0.4) is 0 Å². The zero-order valence-corrected chi connectivity index (χ0v) is 14.4. The van der Waals surface area contributed by atoms with Gasteiger partial charge < -0.3 is 10.1 Å². The molecule has 1 atom stereocenters. The van der Waals surface area contributed by atoms with Crippen molar-refractivity contribution in [1.29, 1.82) is 0 Å². The maximum Gasteiger partial charge on any atom is 0.411 e. The van der Waals surface area contributed by atoms with Crippen molar-refractivity contribution < 1.29 is 14.3 Å². The summed E-state index contributed by atoms with van der Waals surface area (Å²) in [6.07, 6.45) is 2.84. The van der Waals surface area contributed by atoms with Crippen LogP contribution in [0.5, 0.6) is 0 Å². The molecule has 5 nitrogen and oxygen atoms in total. The molecule has 1 saturated heterocycles. The van der Waals surface area contributed by atoms with E-state index in [1.54, 1.807) is 16.7 Å². The molecular formula is C15H26N2O3S. The van der Waals surface area contributed by atoms with Crippen molar-refractivity contribution in [3.8, 4) is 0 Å². The number of rotatable bonds is 2. The predicted octanol–water partition coefficient (Wildman–Crippen LogP) is 2.74. The largest absolute Gasteiger partial charge is 0.444 e. The average Bonchev–Trinajstić information content (AvgIpc) is 2.57. The highest BCUT2D eigenvalue weighted by Crippen LogP contribution is 2.40. The van der Waals surface area contributed by atoms with Crippen LogP contribution in [0.1, 0.15) is 53.9 Å². The fourth-order valence-corrected chi connectivity index (χ4v) is 3.65. The Morgan fingerprint density at radius 3 is 2.38 bits per heavy atom. The first kappa shape index (κ1) is 16.5. The summed E-state index contributed by atoms with van der Waals surface area (Å²) in [6, 6.07) is -0.197. The molecule has 2 fully saturated rings. The molecule has 2 rings (SSSR count). The summed E-state index contributed by atoms with van der Waals surface area (Å²) < 4.78 is 5.13. The molecule has 0 bridgehead atoms. The van der Waals surface area contributed by atoms with Gasteiger partial charge in [0.1, 0.15) is 11.6 Å². The molecule has 0 aromatic heterocycles. The SMILES string of the molecule is CC(C)(C)OC(=O)N1CSC(C)(C)[C@H]1C(=O)NC1CCC1. The fourth-order valence-electron chi connectivity index (χ4n) is 2.53. The van der Waals surface area contributed by atoms with Gasteiger partial charge in [0.25, 0.3) is 0 Å². The highest BCUT2D eigenvalue weighted by molar-refractivity contribution is 8.00. The monoisotopic (exact) mass is 314 g/mol. The molecule has 1 N–H and O–H groups in total. The highest BCUT2D eigenvalue weighted by Gasteiger charge is 2.49. The van der Waals surface area contributed by atoms with Crippen molar-refractivity contribution >= 4 is 23.8 Å². The van der Waals surface area contributed by atoms with Gasteiger partial charge in [0.15, 0.2) is 0 Å². The second-order valence-corrected chi connectivity index (χ2v) is 8.97. The van der Waals surface area contributed by atoms with E-state index in [1.807, 2.05) is 34.6 Å². The Morgan fingerprint density at radius 2 is 1.90 bits per heavy atom. The van der Waals surface area contributed by atoms with Gasteiger partial charge in [-0.1, -0.05) is 0 Å². The third-order valence-electron chi connectivity index (χ3n) is 3.87. The van der Waals surface area contributed by atoms with Crippen molar-refractivity contribution in [3.05, 3.63) is 0 Å². The van der Waals surface area contributed by atoms with Crippen LogP contribution in [-0.4, -0.2) is 45.2 Å². The van der Waals surface area contributed by atoms with Crippen molar-refractivity contribution in [1.82, 2.24) is 10.2 Å². The van der Waals surface area contributed by atoms with Gasteiger partial charge in [0, 0.05) is 10.8 Å². The fraction of sp³-hybridized carbons (Fsp3) is 0.867. The standard InChI is InChI=1S/C15H26N2O3S/c1-14(2,3)20-13(19)17-9-21-15(4,5)11(17)12(18)16-10-7-6-8-10/h10-11H,6-9H2,1-5H3,(H,16,18)/t11-/m1/s1. The minimum Gasteiger partial charge on any atom is -0.444 e. The van der Waals surface area contributed by atoms with Gasteiger partial charge in [-0.05, 0) is 53.9 Å². The quantitative estimate of drug-likeness (QED) is 0.851. The number of carbonyl (C=O) groups is 2. The first-order valence-corrected chi connectivity index (χ1v) is 8.53. The summed E-state index contributed by atoms with van der Waals surface area (Å²) in [5.74, 6) is 0.436. The first-order valence-electron chi connectivity index (χ1n) is 7.54. The highest BCUT2D eigenvalue weighted by atomic mass is 32.2. The third-order valence-corrected chi connectivity index (χ3v) is 5.25. The molecule has 2 aliphatic rings. The lowest BCUT2D eigenvalue weighted by atomic mass is 9.92. The van der Waals surface area contributed by atoms with Gasteiger partial charge in [-0.25, -0.2) is 4.79 Å². The Bertz CT molecular complexity index is 427. The van der Waals surface area contributed by atoms with Gasteiger partial charge >= 0.3 is 6.09 Å². The van der Waals surface area contributed by atoms with Crippen LogP contribution in [0.4, 0.5) is 4.79 Å². The molecule has 0 aromatic rings. The molecule has 1 heterocycles. The predicted molar refractivity (Wildman–Crippen MR) is 84.2 cm³/mol. The molecule has 0 unspecified atom stereocenters. The first-order chi connectivity index (χ1) is 9.60. The third kappa shape index (κ3) is 3.84. The molecule has 2 amide bonds. The maximum absolute atomic E-state index is 12.6. The molecule has 0 radical (unpaired) electrons. The number of nitrogens with zero attached hydrogens (tertiary/aromatic N) is 1. The van der Waals surface area contributed by atoms with E-state index in [1.165, 1.54) is 6.42 Å². The number of ether oxygens (including phenoxy) is 1. The molecular weight excluding hydrogens is 288 g/mol. The van der Waals surface area contributed by atoms with Crippen LogP contribution in [0.2, 0.25) is 0 Å². The van der Waals surface area contributed by atoms with Crippen LogP contribution < -0.4 is 5.32 Å². The molecule has 0 spiro atoms. The Morgan fingerprint density at radius 1 is 1.29 bits per heavy atom. The van der Waals surface area contributed by atoms with Crippen molar-refractivity contribution in [2.45, 2.75) is 76.3 Å². The number of amides is 2. The molecule has 0 aromatic carbocycles. The van der Waals surface area contributed by atoms with Crippen LogP contribution in [-0.2, 0) is 9.53 Å². The Labute approximate surface area is 131 Å². The topological polar surface area (TPSA) is 58.6 Å². The van der Waals surface area contributed by atoms with Gasteiger partial charge in [-0.3, -0.25) is 9.69 Å². The van der Waals surface area contributed by atoms with E-state index in [0.717, 1.165) is 12.8 Å². The second-order valence-electron chi connectivity index (χ2n) is 7.37. The zero-order chi connectivity index (χ0) is 15.8. The number of hydrogen-bond acceptors (Lipinski definition) is 4. The van der Waals surface area contributed by atoms with E-state index in [2.05, 4.69) is 5.32 Å². The smallest absolute Gasteiger partial charge is 0.411 e. The van der Waals surface area contributed by atoms with Crippen LogP contribution in [0.25, 0.3) is 0 Å². The maximum atomic E-state index is 12.6. The molecule has 21 heavy (non-hydrogen) atoms. The van der Waals surface area contributed by atoms with E-state index < -0.39 is 17.7 Å². The summed E-state index contributed by atoms with van der Waals surface area (Å²) in [6.45, 7) is 9.52. The second kappa shape index (κ2) is 5.71. The summed E-state index contributed by atoms with van der Waals surface area (Å²) in [5.41, 5.74) is -0.552. The van der Waals surface area contributed by atoms with Crippen LogP contribution in [0, 0.1) is 0 Å². The minimum absolute atomic E-state index is 0.0550.